The normalized spacial score (nSPS) is 17.1. The fraction of sp³-hybridized carbons (Fsp3) is 0.435. The standard InChI is InChI=1S/C23H25F2IN5O2PS/c1-35-17-10-14(12-6-8-33-9-7-12)4-5-15(17)27-16-11-18(29-23(32)13-2-3-13)28-21-19(16)30-22(20(24)25)31(21)34-26/h4-5,10-13,20,34H,2-3,6-9H2,1H3,(H2,27,28,29,32). The van der Waals surface area contributed by atoms with Gasteiger partial charge in [0.05, 0.1) is 17.7 Å². The lowest BCUT2D eigenvalue weighted by molar-refractivity contribution is -0.117. The second kappa shape index (κ2) is 10.8. The fourth-order valence-electron chi connectivity index (χ4n) is 4.27. The first-order valence-electron chi connectivity index (χ1n) is 11.4. The molecule has 5 rings (SSSR count). The van der Waals surface area contributed by atoms with Crippen molar-refractivity contribution in [1.82, 2.24) is 14.3 Å². The molecule has 186 valence electrons. The van der Waals surface area contributed by atoms with E-state index < -0.39 is 6.43 Å². The Morgan fingerprint density at radius 3 is 2.63 bits per heavy atom. The topological polar surface area (TPSA) is 81.1 Å². The van der Waals surface area contributed by atoms with Gasteiger partial charge in [-0.3, -0.25) is 9.13 Å². The van der Waals surface area contributed by atoms with Crippen LogP contribution in [-0.2, 0) is 9.53 Å². The van der Waals surface area contributed by atoms with Crippen molar-refractivity contribution in [1.29, 1.82) is 0 Å². The Balaban J connectivity index is 1.54. The number of ether oxygens (including phenoxy) is 1. The van der Waals surface area contributed by atoms with Gasteiger partial charge in [0.2, 0.25) is 5.91 Å². The molecule has 1 aliphatic heterocycles. The van der Waals surface area contributed by atoms with Gasteiger partial charge in [-0.25, -0.2) is 18.7 Å². The molecule has 35 heavy (non-hydrogen) atoms. The minimum atomic E-state index is -2.73. The fourth-order valence-corrected chi connectivity index (χ4v) is 6.76. The van der Waals surface area contributed by atoms with Gasteiger partial charge in [-0.15, -0.1) is 11.8 Å². The smallest absolute Gasteiger partial charge is 0.295 e. The van der Waals surface area contributed by atoms with Crippen LogP contribution < -0.4 is 10.6 Å². The number of imidazole rings is 1. The number of aromatic nitrogens is 3. The van der Waals surface area contributed by atoms with Crippen LogP contribution >= 0.6 is 40.2 Å². The van der Waals surface area contributed by atoms with E-state index in [1.807, 2.05) is 34.4 Å². The molecule has 1 saturated carbocycles. The SMILES string of the molecule is CSc1cc(C2CCOCC2)ccc1Nc1cc(NC(=O)C2CC2)nc2c1nc(C(F)F)n2PI. The summed E-state index contributed by atoms with van der Waals surface area (Å²) in [7, 11) is 0. The maximum Gasteiger partial charge on any atom is 0.295 e. The predicted octanol–water partition coefficient (Wildman–Crippen LogP) is 6.87. The maximum absolute atomic E-state index is 13.8. The van der Waals surface area contributed by atoms with E-state index in [1.165, 1.54) is 9.90 Å². The van der Waals surface area contributed by atoms with E-state index in [0.29, 0.717) is 28.6 Å². The summed E-state index contributed by atoms with van der Waals surface area (Å²) < 4.78 is 34.4. The summed E-state index contributed by atoms with van der Waals surface area (Å²) in [5.74, 6) is 0.379. The zero-order valence-corrected chi connectivity index (χ0v) is 23.0. The summed E-state index contributed by atoms with van der Waals surface area (Å²) in [6, 6.07) is 8.01. The van der Waals surface area contributed by atoms with Crippen LogP contribution in [0.4, 0.5) is 26.0 Å². The van der Waals surface area contributed by atoms with Crippen LogP contribution in [0.1, 0.15) is 49.4 Å². The molecule has 2 aromatic heterocycles. The van der Waals surface area contributed by atoms with E-state index in [1.54, 1.807) is 17.8 Å². The molecule has 0 spiro atoms. The Kier molecular flexibility index (Phi) is 7.76. The van der Waals surface area contributed by atoms with Crippen molar-refractivity contribution in [3.63, 3.8) is 0 Å². The minimum Gasteiger partial charge on any atom is -0.381 e. The lowest BCUT2D eigenvalue weighted by Crippen LogP contribution is -2.15. The highest BCUT2D eigenvalue weighted by Crippen LogP contribution is 2.40. The van der Waals surface area contributed by atoms with Crippen molar-refractivity contribution in [3.05, 3.63) is 35.7 Å². The van der Waals surface area contributed by atoms with Crippen LogP contribution in [0.2, 0.25) is 0 Å². The van der Waals surface area contributed by atoms with E-state index in [9.17, 15) is 13.6 Å². The Morgan fingerprint density at radius 2 is 1.97 bits per heavy atom. The molecule has 3 heterocycles. The summed E-state index contributed by atoms with van der Waals surface area (Å²) in [6.07, 6.45) is 2.99. The van der Waals surface area contributed by atoms with E-state index in [2.05, 4.69) is 32.7 Å². The number of fused-ring (bicyclic) bond motifs is 1. The number of pyridine rings is 1. The lowest BCUT2D eigenvalue weighted by Gasteiger charge is -2.23. The number of nitrogens with zero attached hydrogens (tertiary/aromatic N) is 3. The number of thioether (sulfide) groups is 1. The number of nitrogens with one attached hydrogen (secondary N) is 2. The third-order valence-electron chi connectivity index (χ3n) is 6.31. The molecule has 1 aliphatic carbocycles. The lowest BCUT2D eigenvalue weighted by atomic mass is 9.91. The monoisotopic (exact) mass is 631 g/mol. The van der Waals surface area contributed by atoms with Crippen LogP contribution in [0.5, 0.6) is 0 Å². The zero-order valence-electron chi connectivity index (χ0n) is 19.0. The van der Waals surface area contributed by atoms with Gasteiger partial charge in [0.15, 0.2) is 11.5 Å². The average Bonchev–Trinajstić information content (AvgIpc) is 3.65. The van der Waals surface area contributed by atoms with Crippen molar-refractivity contribution in [3.8, 4) is 0 Å². The van der Waals surface area contributed by atoms with Gasteiger partial charge in [0.1, 0.15) is 11.3 Å². The van der Waals surface area contributed by atoms with Gasteiger partial charge in [0, 0.05) is 30.1 Å². The molecule has 1 unspecified atom stereocenters. The molecule has 2 fully saturated rings. The van der Waals surface area contributed by atoms with Crippen molar-refractivity contribution in [2.75, 3.05) is 30.1 Å². The largest absolute Gasteiger partial charge is 0.381 e. The number of halogens is 3. The zero-order chi connectivity index (χ0) is 24.5. The predicted molar refractivity (Wildman–Crippen MR) is 146 cm³/mol. The molecule has 7 nitrogen and oxygen atoms in total. The molecule has 2 N–H and O–H groups in total. The summed E-state index contributed by atoms with van der Waals surface area (Å²) >= 11 is 3.66. The molecule has 0 bridgehead atoms. The molecule has 2 aliphatic rings. The van der Waals surface area contributed by atoms with E-state index in [-0.39, 0.29) is 24.0 Å². The van der Waals surface area contributed by atoms with Crippen molar-refractivity contribution >= 4 is 74.4 Å². The summed E-state index contributed by atoms with van der Waals surface area (Å²) in [5.41, 5.74) is 3.34. The molecule has 3 aromatic rings. The molecule has 1 atom stereocenters. The number of hydrogen-bond acceptors (Lipinski definition) is 6. The molecule has 0 radical (unpaired) electrons. The quantitative estimate of drug-likeness (QED) is 0.161. The van der Waals surface area contributed by atoms with Crippen LogP contribution in [0.15, 0.2) is 29.2 Å². The minimum absolute atomic E-state index is 0.00211. The first kappa shape index (κ1) is 25.1. The van der Waals surface area contributed by atoms with E-state index in [4.69, 9.17) is 4.74 Å². The Hall–Kier alpha value is -1.56. The van der Waals surface area contributed by atoms with Crippen molar-refractivity contribution < 1.29 is 18.3 Å². The Labute approximate surface area is 220 Å². The van der Waals surface area contributed by atoms with Gasteiger partial charge in [-0.05, 0) is 77.6 Å². The van der Waals surface area contributed by atoms with Crippen molar-refractivity contribution in [2.45, 2.75) is 42.9 Å². The first-order chi connectivity index (χ1) is 17.0. The number of carbonyl (C=O) groups excluding carboxylic acids is 1. The van der Waals surface area contributed by atoms with Crippen LogP contribution in [-0.4, -0.2) is 39.7 Å². The van der Waals surface area contributed by atoms with Crippen LogP contribution in [0.25, 0.3) is 11.2 Å². The maximum atomic E-state index is 13.8. The third kappa shape index (κ3) is 5.42. The number of carbonyl (C=O) groups is 1. The number of amides is 1. The number of rotatable bonds is 8. The molecule has 1 saturated heterocycles. The highest BCUT2D eigenvalue weighted by molar-refractivity contribution is 14.2. The molecular weight excluding hydrogens is 606 g/mol. The van der Waals surface area contributed by atoms with Gasteiger partial charge in [0.25, 0.3) is 6.43 Å². The second-order valence-electron chi connectivity index (χ2n) is 8.65. The highest BCUT2D eigenvalue weighted by atomic mass is 127. The first-order valence-corrected chi connectivity index (χ1v) is 16.7. The second-order valence-corrected chi connectivity index (χ2v) is 11.6. The molecule has 12 heteroatoms. The number of hydrogen-bond donors (Lipinski definition) is 2. The van der Waals surface area contributed by atoms with Gasteiger partial charge in [-0.1, -0.05) is 6.07 Å². The molecule has 1 aromatic carbocycles. The van der Waals surface area contributed by atoms with Gasteiger partial charge in [-0.2, -0.15) is 0 Å². The van der Waals surface area contributed by atoms with Gasteiger partial charge < -0.3 is 15.4 Å². The number of benzene rings is 1. The average molecular weight is 631 g/mol. The molecule has 1 amide bonds. The van der Waals surface area contributed by atoms with Crippen LogP contribution in [0.3, 0.4) is 0 Å². The number of anilines is 3. The third-order valence-corrected chi connectivity index (χ3v) is 9.14. The van der Waals surface area contributed by atoms with E-state index in [0.717, 1.165) is 49.5 Å². The Morgan fingerprint density at radius 1 is 1.20 bits per heavy atom. The number of alkyl halides is 2. The van der Waals surface area contributed by atoms with Crippen LogP contribution in [0, 0.1) is 5.92 Å². The van der Waals surface area contributed by atoms with E-state index >= 15 is 0 Å². The summed E-state index contributed by atoms with van der Waals surface area (Å²) in [6.45, 7) is 1.55. The highest BCUT2D eigenvalue weighted by Gasteiger charge is 2.30. The molecular formula is C23H25F2IN5O2PS. The summed E-state index contributed by atoms with van der Waals surface area (Å²) in [5, 5.41) is 6.26. The van der Waals surface area contributed by atoms with Crippen molar-refractivity contribution in [2.24, 2.45) is 5.92 Å². The van der Waals surface area contributed by atoms with Gasteiger partial charge >= 0.3 is 0 Å². The summed E-state index contributed by atoms with van der Waals surface area (Å²) in [4.78, 5) is 22.2. The Bertz CT molecular complexity index is 1250.